The lowest BCUT2D eigenvalue weighted by Crippen LogP contribution is -2.36. The van der Waals surface area contributed by atoms with E-state index in [4.69, 9.17) is 9.47 Å². The normalized spacial score (nSPS) is 13.9. The summed E-state index contributed by atoms with van der Waals surface area (Å²) in [5.74, 6) is -1.62. The number of nitrogens with zero attached hydrogens (tertiary/aromatic N) is 1. The molecule has 200 valence electrons. The molecule has 39 heavy (non-hydrogen) atoms. The first-order chi connectivity index (χ1) is 18.7. The average molecular weight is 614 g/mol. The Balaban J connectivity index is 1.42. The molecule has 0 atom stereocenters. The van der Waals surface area contributed by atoms with E-state index in [1.165, 1.54) is 31.4 Å². The van der Waals surface area contributed by atoms with E-state index in [1.807, 2.05) is 6.07 Å². The Labute approximate surface area is 235 Å². The SMILES string of the molecule is COc1cc(/C=C2/SC(=O)N(CC(=O)Nc3cccc(F)c3)C2=O)cc(Br)c1OCC(=O)Nc1ccccc1. The summed E-state index contributed by atoms with van der Waals surface area (Å²) in [5.41, 5.74) is 1.35. The van der Waals surface area contributed by atoms with Gasteiger partial charge < -0.3 is 20.1 Å². The number of thioether (sulfide) groups is 1. The quantitative estimate of drug-likeness (QED) is 0.315. The smallest absolute Gasteiger partial charge is 0.294 e. The van der Waals surface area contributed by atoms with Crippen molar-refractivity contribution in [3.05, 3.63) is 87.5 Å². The van der Waals surface area contributed by atoms with E-state index in [2.05, 4.69) is 26.6 Å². The lowest BCUT2D eigenvalue weighted by molar-refractivity contribution is -0.127. The Hall–Kier alpha value is -4.16. The van der Waals surface area contributed by atoms with Gasteiger partial charge in [-0.25, -0.2) is 4.39 Å². The first kappa shape index (κ1) is 27.9. The molecule has 1 saturated heterocycles. The zero-order chi connectivity index (χ0) is 27.9. The minimum atomic E-state index is -0.647. The average Bonchev–Trinajstić information content (AvgIpc) is 3.15. The molecule has 0 bridgehead atoms. The molecule has 4 amide bonds. The number of hydrogen-bond acceptors (Lipinski definition) is 7. The molecule has 9 nitrogen and oxygen atoms in total. The number of rotatable bonds is 9. The minimum absolute atomic E-state index is 0.100. The van der Waals surface area contributed by atoms with Crippen LogP contribution in [0.25, 0.3) is 6.08 Å². The highest BCUT2D eigenvalue weighted by Gasteiger charge is 2.36. The molecule has 0 unspecified atom stereocenters. The molecule has 0 spiro atoms. The molecule has 4 rings (SSSR count). The van der Waals surface area contributed by atoms with Crippen LogP contribution < -0.4 is 20.1 Å². The summed E-state index contributed by atoms with van der Waals surface area (Å²) < 4.78 is 24.9. The van der Waals surface area contributed by atoms with Crippen LogP contribution in [0.5, 0.6) is 11.5 Å². The largest absolute Gasteiger partial charge is 0.493 e. The van der Waals surface area contributed by atoms with E-state index in [0.717, 1.165) is 11.0 Å². The number of carbonyl (C=O) groups is 4. The second-order valence-electron chi connectivity index (χ2n) is 8.06. The Bertz CT molecular complexity index is 1470. The van der Waals surface area contributed by atoms with Gasteiger partial charge in [0.05, 0.1) is 16.5 Å². The number of imide groups is 1. The summed E-state index contributed by atoms with van der Waals surface area (Å²) in [4.78, 5) is 50.8. The molecule has 1 fully saturated rings. The van der Waals surface area contributed by atoms with Gasteiger partial charge in [-0.05, 0) is 81.8 Å². The second kappa shape index (κ2) is 12.6. The Morgan fingerprint density at radius 2 is 1.72 bits per heavy atom. The standard InChI is InChI=1S/C27H21BrFN3O6S/c1-37-21-11-16(10-20(28)25(21)38-15-24(34)30-18-7-3-2-4-8-18)12-22-26(35)32(27(36)39-22)14-23(33)31-19-9-5-6-17(29)13-19/h2-13H,14-15H2,1H3,(H,30,34)(H,31,33)/b22-12+. The third kappa shape index (κ3) is 7.24. The third-order valence-electron chi connectivity index (χ3n) is 5.24. The Morgan fingerprint density at radius 1 is 1.00 bits per heavy atom. The first-order valence-corrected chi connectivity index (χ1v) is 13.0. The van der Waals surface area contributed by atoms with Crippen molar-refractivity contribution in [1.82, 2.24) is 4.90 Å². The van der Waals surface area contributed by atoms with Crippen LogP contribution in [0, 0.1) is 5.82 Å². The lowest BCUT2D eigenvalue weighted by Gasteiger charge is -2.14. The number of para-hydroxylation sites is 1. The second-order valence-corrected chi connectivity index (χ2v) is 9.91. The molecule has 1 heterocycles. The van der Waals surface area contributed by atoms with E-state index < -0.39 is 29.4 Å². The zero-order valence-corrected chi connectivity index (χ0v) is 22.8. The molecule has 2 N–H and O–H groups in total. The first-order valence-electron chi connectivity index (χ1n) is 11.4. The predicted octanol–water partition coefficient (Wildman–Crippen LogP) is 5.29. The molecule has 1 aliphatic rings. The van der Waals surface area contributed by atoms with Crippen molar-refractivity contribution in [2.24, 2.45) is 0 Å². The zero-order valence-electron chi connectivity index (χ0n) is 20.4. The fourth-order valence-electron chi connectivity index (χ4n) is 3.52. The van der Waals surface area contributed by atoms with Crippen LogP contribution in [0.3, 0.4) is 0 Å². The van der Waals surface area contributed by atoms with Gasteiger partial charge in [-0.15, -0.1) is 0 Å². The summed E-state index contributed by atoms with van der Waals surface area (Å²) in [7, 11) is 1.42. The maximum Gasteiger partial charge on any atom is 0.294 e. The lowest BCUT2D eigenvalue weighted by atomic mass is 10.2. The number of anilines is 2. The number of halogens is 2. The highest BCUT2D eigenvalue weighted by Crippen LogP contribution is 2.39. The van der Waals surface area contributed by atoms with E-state index in [0.29, 0.717) is 27.5 Å². The highest BCUT2D eigenvalue weighted by atomic mass is 79.9. The molecule has 3 aromatic rings. The summed E-state index contributed by atoms with van der Waals surface area (Å²) in [6.45, 7) is -0.802. The third-order valence-corrected chi connectivity index (χ3v) is 6.73. The summed E-state index contributed by atoms with van der Waals surface area (Å²) >= 11 is 4.08. The number of benzene rings is 3. The maximum absolute atomic E-state index is 13.4. The van der Waals surface area contributed by atoms with Crippen LogP contribution in [0.2, 0.25) is 0 Å². The summed E-state index contributed by atoms with van der Waals surface area (Å²) in [5, 5.41) is 4.56. The molecular weight excluding hydrogens is 593 g/mol. The monoisotopic (exact) mass is 613 g/mol. The van der Waals surface area contributed by atoms with Gasteiger partial charge in [-0.1, -0.05) is 24.3 Å². The predicted molar refractivity (Wildman–Crippen MR) is 149 cm³/mol. The maximum atomic E-state index is 13.4. The van der Waals surface area contributed by atoms with E-state index in [-0.39, 0.29) is 34.6 Å². The van der Waals surface area contributed by atoms with Gasteiger partial charge in [0.1, 0.15) is 12.4 Å². The number of hydrogen-bond donors (Lipinski definition) is 2. The van der Waals surface area contributed by atoms with Crippen molar-refractivity contribution >= 4 is 68.1 Å². The van der Waals surface area contributed by atoms with Gasteiger partial charge in [0.25, 0.3) is 17.1 Å². The van der Waals surface area contributed by atoms with Gasteiger partial charge in [0, 0.05) is 11.4 Å². The Kier molecular flexibility index (Phi) is 8.99. The summed E-state index contributed by atoms with van der Waals surface area (Å²) in [6.07, 6.45) is 1.48. The van der Waals surface area contributed by atoms with Crippen LogP contribution in [0.4, 0.5) is 20.6 Å². The van der Waals surface area contributed by atoms with E-state index in [1.54, 1.807) is 36.4 Å². The van der Waals surface area contributed by atoms with E-state index >= 15 is 0 Å². The van der Waals surface area contributed by atoms with Crippen molar-refractivity contribution < 1.29 is 33.0 Å². The van der Waals surface area contributed by atoms with Crippen LogP contribution >= 0.6 is 27.7 Å². The van der Waals surface area contributed by atoms with Crippen molar-refractivity contribution in [2.75, 3.05) is 30.9 Å². The van der Waals surface area contributed by atoms with Crippen LogP contribution in [0.15, 0.2) is 76.1 Å². The van der Waals surface area contributed by atoms with Gasteiger partial charge >= 0.3 is 0 Å². The molecule has 3 aromatic carbocycles. The van der Waals surface area contributed by atoms with Gasteiger partial charge in [-0.2, -0.15) is 0 Å². The highest BCUT2D eigenvalue weighted by molar-refractivity contribution is 9.10. The van der Waals surface area contributed by atoms with Crippen molar-refractivity contribution in [1.29, 1.82) is 0 Å². The molecule has 0 radical (unpaired) electrons. The van der Waals surface area contributed by atoms with Crippen LogP contribution in [0.1, 0.15) is 5.56 Å². The minimum Gasteiger partial charge on any atom is -0.493 e. The summed E-state index contributed by atoms with van der Waals surface area (Å²) in [6, 6.07) is 17.4. The van der Waals surface area contributed by atoms with Gasteiger partial charge in [-0.3, -0.25) is 24.1 Å². The number of ether oxygens (including phenoxy) is 2. The number of methoxy groups -OCH3 is 1. The van der Waals surface area contributed by atoms with Crippen LogP contribution in [-0.4, -0.2) is 48.1 Å². The van der Waals surface area contributed by atoms with Crippen molar-refractivity contribution in [2.45, 2.75) is 0 Å². The number of nitrogens with one attached hydrogen (secondary N) is 2. The van der Waals surface area contributed by atoms with Gasteiger partial charge in [0.15, 0.2) is 18.1 Å². The molecule has 0 aromatic heterocycles. The van der Waals surface area contributed by atoms with E-state index in [9.17, 15) is 23.6 Å². The van der Waals surface area contributed by atoms with Crippen molar-refractivity contribution in [3.8, 4) is 11.5 Å². The fourth-order valence-corrected chi connectivity index (χ4v) is 4.93. The molecule has 1 aliphatic heterocycles. The number of carbonyl (C=O) groups excluding carboxylic acids is 4. The fraction of sp³-hybridized carbons (Fsp3) is 0.111. The Morgan fingerprint density at radius 3 is 2.44 bits per heavy atom. The molecule has 12 heteroatoms. The molecule has 0 aliphatic carbocycles. The molecule has 0 saturated carbocycles. The topological polar surface area (TPSA) is 114 Å². The molecular formula is C27H21BrFN3O6S. The van der Waals surface area contributed by atoms with Crippen LogP contribution in [-0.2, 0) is 14.4 Å². The van der Waals surface area contributed by atoms with Crippen molar-refractivity contribution in [3.63, 3.8) is 0 Å². The number of amides is 4. The van der Waals surface area contributed by atoms with Gasteiger partial charge in [0.2, 0.25) is 5.91 Å².